The zero-order valence-corrected chi connectivity index (χ0v) is 18.6. The number of aryl methyl sites for hydroxylation is 1. The Labute approximate surface area is 179 Å². The highest BCUT2D eigenvalue weighted by molar-refractivity contribution is 5.83. The molecule has 0 aliphatic carbocycles. The van der Waals surface area contributed by atoms with E-state index in [0.717, 1.165) is 72.7 Å². The summed E-state index contributed by atoms with van der Waals surface area (Å²) in [6.45, 7) is 11.1. The van der Waals surface area contributed by atoms with Gasteiger partial charge in [-0.3, -0.25) is 14.8 Å². The minimum absolute atomic E-state index is 0.0416. The Hall–Kier alpha value is -2.63. The van der Waals surface area contributed by atoms with Crippen LogP contribution in [0.2, 0.25) is 0 Å². The molecular formula is C24H33N3O3. The van der Waals surface area contributed by atoms with E-state index >= 15 is 0 Å². The van der Waals surface area contributed by atoms with Crippen LogP contribution in [0.4, 0.5) is 5.69 Å². The molecule has 0 saturated carbocycles. The molecule has 2 aromatic rings. The van der Waals surface area contributed by atoms with Crippen molar-refractivity contribution in [1.29, 1.82) is 0 Å². The molecule has 3 rings (SSSR count). The Balaban J connectivity index is 1.98. The molecule has 0 amide bonds. The maximum atomic E-state index is 11.6. The average molecular weight is 412 g/mol. The van der Waals surface area contributed by atoms with E-state index in [2.05, 4.69) is 35.6 Å². The van der Waals surface area contributed by atoms with Crippen LogP contribution in [0.25, 0.3) is 11.3 Å². The third-order valence-electron chi connectivity index (χ3n) is 5.91. The van der Waals surface area contributed by atoms with Crippen LogP contribution in [0.5, 0.6) is 5.75 Å². The lowest BCUT2D eigenvalue weighted by Crippen LogP contribution is -2.38. The lowest BCUT2D eigenvalue weighted by molar-refractivity contribution is -0.136. The molecule has 1 N–H and O–H groups in total. The van der Waals surface area contributed by atoms with Gasteiger partial charge in [0.2, 0.25) is 0 Å². The first-order valence-electron chi connectivity index (χ1n) is 10.8. The summed E-state index contributed by atoms with van der Waals surface area (Å²) >= 11 is 0. The van der Waals surface area contributed by atoms with E-state index in [1.165, 1.54) is 0 Å². The van der Waals surface area contributed by atoms with E-state index in [9.17, 15) is 9.90 Å². The smallest absolute Gasteiger partial charge is 0.307 e. The molecule has 1 saturated heterocycles. The Bertz CT molecular complexity index is 868. The van der Waals surface area contributed by atoms with Gasteiger partial charge in [-0.25, -0.2) is 0 Å². The molecule has 3 heterocycles. The number of ether oxygens (including phenoxy) is 1. The second kappa shape index (κ2) is 9.45. The topological polar surface area (TPSA) is 75.6 Å². The van der Waals surface area contributed by atoms with Crippen molar-refractivity contribution in [3.8, 4) is 17.0 Å². The maximum Gasteiger partial charge on any atom is 0.307 e. The number of hydrogen-bond donors (Lipinski definition) is 1. The van der Waals surface area contributed by atoms with E-state index in [1.54, 1.807) is 6.20 Å². The molecule has 162 valence electrons. The van der Waals surface area contributed by atoms with E-state index in [0.29, 0.717) is 12.0 Å². The van der Waals surface area contributed by atoms with Gasteiger partial charge in [0, 0.05) is 36.1 Å². The van der Waals surface area contributed by atoms with Crippen molar-refractivity contribution >= 4 is 11.7 Å². The summed E-state index contributed by atoms with van der Waals surface area (Å²) in [7, 11) is 0. The van der Waals surface area contributed by atoms with E-state index in [-0.39, 0.29) is 6.42 Å². The van der Waals surface area contributed by atoms with Gasteiger partial charge in [0.15, 0.2) is 0 Å². The number of carboxylic acid groups (broad SMARTS) is 1. The van der Waals surface area contributed by atoms with Gasteiger partial charge in [0.1, 0.15) is 5.75 Å². The normalized spacial score (nSPS) is 15.8. The lowest BCUT2D eigenvalue weighted by atomic mass is 9.82. The van der Waals surface area contributed by atoms with Crippen molar-refractivity contribution < 1.29 is 14.6 Å². The van der Waals surface area contributed by atoms with Crippen LogP contribution >= 0.6 is 0 Å². The van der Waals surface area contributed by atoms with Gasteiger partial charge in [0.25, 0.3) is 0 Å². The predicted molar refractivity (Wildman–Crippen MR) is 119 cm³/mol. The highest BCUT2D eigenvalue weighted by Crippen LogP contribution is 2.39. The first kappa shape index (κ1) is 22.1. The minimum Gasteiger partial charge on any atom is -0.492 e. The first-order chi connectivity index (χ1) is 14.3. The van der Waals surface area contributed by atoms with E-state index < -0.39 is 5.97 Å². The zero-order chi connectivity index (χ0) is 21.7. The van der Waals surface area contributed by atoms with Crippen LogP contribution in [0.3, 0.4) is 0 Å². The van der Waals surface area contributed by atoms with Crippen molar-refractivity contribution in [3.05, 3.63) is 35.8 Å². The van der Waals surface area contributed by atoms with Gasteiger partial charge in [-0.15, -0.1) is 0 Å². The monoisotopic (exact) mass is 411 g/mol. The number of aromatic nitrogens is 2. The lowest BCUT2D eigenvalue weighted by Gasteiger charge is -2.40. The summed E-state index contributed by atoms with van der Waals surface area (Å²) < 4.78 is 5.74. The molecule has 0 aromatic carbocycles. The van der Waals surface area contributed by atoms with Crippen molar-refractivity contribution in [2.24, 2.45) is 5.41 Å². The third-order valence-corrected chi connectivity index (χ3v) is 5.91. The van der Waals surface area contributed by atoms with Gasteiger partial charge in [-0.2, -0.15) is 0 Å². The first-order valence-corrected chi connectivity index (χ1v) is 10.8. The summed E-state index contributed by atoms with van der Waals surface area (Å²) in [5.74, 6) is -0.0948. The van der Waals surface area contributed by atoms with E-state index in [1.807, 2.05) is 25.3 Å². The van der Waals surface area contributed by atoms with Gasteiger partial charge in [-0.05, 0) is 43.7 Å². The molecular weight excluding hydrogens is 378 g/mol. The number of anilines is 1. The number of piperidine rings is 1. The molecule has 0 atom stereocenters. The molecule has 0 unspecified atom stereocenters. The number of aliphatic carboxylic acids is 1. The Kier molecular flexibility index (Phi) is 6.95. The van der Waals surface area contributed by atoms with Gasteiger partial charge in [-0.1, -0.05) is 27.2 Å². The molecule has 2 aromatic heterocycles. The highest BCUT2D eigenvalue weighted by Gasteiger charge is 2.29. The number of nitrogens with zero attached hydrogens (tertiary/aromatic N) is 3. The Morgan fingerprint density at radius 1 is 1.20 bits per heavy atom. The fourth-order valence-electron chi connectivity index (χ4n) is 3.84. The van der Waals surface area contributed by atoms with Crippen molar-refractivity contribution in [2.75, 3.05) is 24.6 Å². The second-order valence-electron chi connectivity index (χ2n) is 8.89. The Morgan fingerprint density at radius 3 is 2.53 bits per heavy atom. The van der Waals surface area contributed by atoms with Crippen LogP contribution in [0, 0.1) is 12.3 Å². The van der Waals surface area contributed by atoms with Crippen molar-refractivity contribution in [2.45, 2.75) is 59.8 Å². The van der Waals surface area contributed by atoms with E-state index in [4.69, 9.17) is 4.74 Å². The Morgan fingerprint density at radius 2 is 1.93 bits per heavy atom. The minimum atomic E-state index is -0.844. The quantitative estimate of drug-likeness (QED) is 0.624. The van der Waals surface area contributed by atoms with Gasteiger partial charge in [0.05, 0.1) is 30.6 Å². The standard InChI is InChI=1S/C24H33N3O3/c1-5-6-13-30-18-7-8-21(26-15-18)20-16-25-17(2)19(14-22(28)29)23(20)27-11-9-24(3,4)10-12-27/h7-8,15-16H,5-6,9-14H2,1-4H3,(H,28,29). The summed E-state index contributed by atoms with van der Waals surface area (Å²) in [6, 6.07) is 3.87. The molecule has 30 heavy (non-hydrogen) atoms. The van der Waals surface area contributed by atoms with Gasteiger partial charge >= 0.3 is 5.97 Å². The summed E-state index contributed by atoms with van der Waals surface area (Å²) in [5.41, 5.74) is 4.49. The second-order valence-corrected chi connectivity index (χ2v) is 8.89. The summed E-state index contributed by atoms with van der Waals surface area (Å²) in [4.78, 5) is 23.1. The molecule has 0 spiro atoms. The van der Waals surface area contributed by atoms with Crippen LogP contribution in [-0.2, 0) is 11.2 Å². The molecule has 0 bridgehead atoms. The number of pyridine rings is 2. The molecule has 6 heteroatoms. The number of rotatable bonds is 8. The largest absolute Gasteiger partial charge is 0.492 e. The molecule has 1 aliphatic heterocycles. The number of carbonyl (C=O) groups is 1. The van der Waals surface area contributed by atoms with Crippen molar-refractivity contribution in [3.63, 3.8) is 0 Å². The maximum absolute atomic E-state index is 11.6. The summed E-state index contributed by atoms with van der Waals surface area (Å²) in [5, 5.41) is 9.52. The van der Waals surface area contributed by atoms with Gasteiger partial charge < -0.3 is 14.7 Å². The fraction of sp³-hybridized carbons (Fsp3) is 0.542. The van der Waals surface area contributed by atoms with Crippen LogP contribution in [0.1, 0.15) is 57.7 Å². The van der Waals surface area contributed by atoms with Crippen LogP contribution in [-0.4, -0.2) is 40.7 Å². The SMILES string of the molecule is CCCCOc1ccc(-c2cnc(C)c(CC(=O)O)c2N2CCC(C)(C)CC2)nc1. The van der Waals surface area contributed by atoms with Crippen LogP contribution < -0.4 is 9.64 Å². The van der Waals surface area contributed by atoms with Crippen molar-refractivity contribution in [1.82, 2.24) is 9.97 Å². The van der Waals surface area contributed by atoms with Crippen LogP contribution in [0.15, 0.2) is 24.5 Å². The average Bonchev–Trinajstić information content (AvgIpc) is 2.70. The number of hydrogen-bond acceptors (Lipinski definition) is 5. The predicted octanol–water partition coefficient (Wildman–Crippen LogP) is 4.88. The number of unbranched alkanes of at least 4 members (excludes halogenated alkanes) is 1. The molecule has 6 nitrogen and oxygen atoms in total. The molecule has 1 aliphatic rings. The fourth-order valence-corrected chi connectivity index (χ4v) is 3.84. The number of carboxylic acids is 1. The zero-order valence-electron chi connectivity index (χ0n) is 18.6. The highest BCUT2D eigenvalue weighted by atomic mass is 16.5. The molecule has 1 fully saturated rings. The summed E-state index contributed by atoms with van der Waals surface area (Å²) in [6.07, 6.45) is 7.76. The molecule has 0 radical (unpaired) electrons. The third kappa shape index (κ3) is 5.29.